The molecular weight excluding hydrogens is 626 g/mol. The molecule has 1 aliphatic rings. The van der Waals surface area contributed by atoms with Gasteiger partial charge in [0.25, 0.3) is 0 Å². The first kappa shape index (κ1) is 35.4. The number of carbonyl (C=O) groups excluding carboxylic acids is 1. The Hall–Kier alpha value is -4.91. The van der Waals surface area contributed by atoms with Crippen LogP contribution in [0.3, 0.4) is 0 Å². The molecule has 8 bridgehead atoms. The Morgan fingerprint density at radius 3 is 1.78 bits per heavy atom. The molecule has 5 heterocycles. The van der Waals surface area contributed by atoms with Crippen LogP contribution in [-0.4, -0.2) is 64.1 Å². The molecule has 10 N–H and O–H groups in total. The number of H-pyrrole nitrogens is 4. The third-order valence-electron chi connectivity index (χ3n) is 9.61. The Morgan fingerprint density at radius 2 is 1.20 bits per heavy atom. The molecule has 0 radical (unpaired) electrons. The van der Waals surface area contributed by atoms with Crippen molar-refractivity contribution < 1.29 is 34.8 Å². The summed E-state index contributed by atoms with van der Waals surface area (Å²) in [4.78, 5) is 51.1. The van der Waals surface area contributed by atoms with Gasteiger partial charge in [-0.25, -0.2) is 0 Å². The lowest BCUT2D eigenvalue weighted by Gasteiger charge is -2.12. The second kappa shape index (κ2) is 13.5. The number of aliphatic hydroxyl groups is 2. The topological polar surface area (TPSA) is 221 Å². The van der Waals surface area contributed by atoms with E-state index < -0.39 is 30.2 Å². The van der Waals surface area contributed by atoms with Crippen molar-refractivity contribution >= 4 is 41.5 Å². The van der Waals surface area contributed by atoms with Gasteiger partial charge in [0.1, 0.15) is 0 Å². The van der Waals surface area contributed by atoms with Gasteiger partial charge in [-0.15, -0.1) is 0 Å². The number of aromatic amines is 4. The van der Waals surface area contributed by atoms with E-state index in [-0.39, 0.29) is 37.0 Å². The lowest BCUT2D eigenvalue weighted by Crippen LogP contribution is -2.33. The number of hydrogen-bond acceptors (Lipinski definition) is 6. The Morgan fingerprint density at radius 1 is 0.653 bits per heavy atom. The molecule has 2 unspecified atom stereocenters. The predicted octanol–water partition coefficient (Wildman–Crippen LogP) is 1.29. The Kier molecular flexibility index (Phi) is 9.78. The number of carboxylic acid groups (broad SMARTS) is 2. The van der Waals surface area contributed by atoms with Crippen molar-refractivity contribution in [2.45, 2.75) is 92.4 Å². The molecule has 0 amide bonds. The number of fused-ring (bicyclic) bond motifs is 8. The minimum absolute atomic E-state index is 0.0976. The first-order valence-electron chi connectivity index (χ1n) is 16.4. The minimum atomic E-state index is -0.965. The molecule has 0 aliphatic carbocycles. The van der Waals surface area contributed by atoms with Crippen LogP contribution in [0.25, 0.3) is 23.8 Å². The zero-order valence-electron chi connectivity index (χ0n) is 28.9. The van der Waals surface area contributed by atoms with E-state index >= 15 is 0 Å². The van der Waals surface area contributed by atoms with Crippen molar-refractivity contribution in [2.24, 2.45) is 5.73 Å². The third-order valence-corrected chi connectivity index (χ3v) is 9.61. The first-order valence-corrected chi connectivity index (χ1v) is 16.4. The average molecular weight is 672 g/mol. The number of rotatable bonds is 10. The summed E-state index contributed by atoms with van der Waals surface area (Å²) in [6, 6.07) is -0.894. The molecule has 0 fully saturated rings. The van der Waals surface area contributed by atoms with Crippen LogP contribution in [0.1, 0.15) is 113 Å². The number of carboxylic acids is 2. The van der Waals surface area contributed by atoms with Crippen LogP contribution < -0.4 is 27.1 Å². The molecule has 0 spiro atoms. The predicted molar refractivity (Wildman–Crippen MR) is 186 cm³/mol. The van der Waals surface area contributed by atoms with Crippen molar-refractivity contribution in [3.63, 3.8) is 0 Å². The van der Waals surface area contributed by atoms with Gasteiger partial charge in [0.2, 0.25) is 0 Å². The lowest BCUT2D eigenvalue weighted by atomic mass is 9.95. The van der Waals surface area contributed by atoms with E-state index in [2.05, 4.69) is 19.9 Å². The number of Topliss-reactive ketones (excluding diaryl/α,β-unsaturated/α-hetero) is 1. The summed E-state index contributed by atoms with van der Waals surface area (Å²) >= 11 is 0. The normalized spacial score (nSPS) is 14.4. The maximum atomic E-state index is 14.0. The van der Waals surface area contributed by atoms with Gasteiger partial charge in [-0.05, 0) is 113 Å². The van der Waals surface area contributed by atoms with Crippen molar-refractivity contribution in [1.29, 1.82) is 0 Å². The van der Waals surface area contributed by atoms with E-state index in [0.29, 0.717) is 66.4 Å². The molecule has 4 aromatic heterocycles. The molecule has 12 heteroatoms. The number of aromatic nitrogens is 4. The van der Waals surface area contributed by atoms with E-state index in [4.69, 9.17) is 5.73 Å². The zero-order valence-corrected chi connectivity index (χ0v) is 28.9. The highest BCUT2D eigenvalue weighted by Crippen LogP contribution is 2.30. The van der Waals surface area contributed by atoms with Crippen LogP contribution in [0.15, 0.2) is 0 Å². The van der Waals surface area contributed by atoms with E-state index in [1.54, 1.807) is 20.8 Å². The van der Waals surface area contributed by atoms with Crippen LogP contribution in [0.4, 0.5) is 0 Å². The van der Waals surface area contributed by atoms with E-state index in [1.807, 2.05) is 45.9 Å². The molecule has 0 aromatic carbocycles. The molecule has 5 rings (SSSR count). The number of ketones is 1. The van der Waals surface area contributed by atoms with Gasteiger partial charge in [0.05, 0.1) is 34.9 Å². The van der Waals surface area contributed by atoms with E-state index in [9.17, 15) is 34.8 Å². The highest BCUT2D eigenvalue weighted by atomic mass is 16.4. The van der Waals surface area contributed by atoms with Gasteiger partial charge in [0.15, 0.2) is 5.78 Å². The highest BCUT2D eigenvalue weighted by Gasteiger charge is 2.28. The van der Waals surface area contributed by atoms with Crippen LogP contribution in [0, 0.1) is 27.7 Å². The standard InChI is InChI=1S/C37H45N5O7/c1-15-22(8-10-30(45)46)27-14-28-23(9-11-31(47)48)16(2)25(40-28)13-29-32(20(6)43)18(4)35(42-29)34(37(49)19(5)38)36-33(21(7)44)17(3)26(41-36)12-24(15)39-27/h12-14,19-21,39-44H,8-11,38H2,1-7H3,(H,45,46)(H,47,48)/t19-,20?,21?/m0/s1. The lowest BCUT2D eigenvalue weighted by molar-refractivity contribution is -0.138. The number of nitrogens with one attached hydrogen (secondary N) is 4. The second-order valence-electron chi connectivity index (χ2n) is 13.1. The molecule has 49 heavy (non-hydrogen) atoms. The quantitative estimate of drug-likeness (QED) is 0.119. The summed E-state index contributed by atoms with van der Waals surface area (Å²) in [5.74, 6) is -2.25. The summed E-state index contributed by atoms with van der Waals surface area (Å²) in [5.41, 5.74) is 14.5. The molecule has 12 nitrogen and oxygen atoms in total. The minimum Gasteiger partial charge on any atom is -0.481 e. The van der Waals surface area contributed by atoms with Gasteiger partial charge in [-0.1, -0.05) is 0 Å². The summed E-state index contributed by atoms with van der Waals surface area (Å²) in [7, 11) is 0. The smallest absolute Gasteiger partial charge is 0.303 e. The zero-order chi connectivity index (χ0) is 36.1. The van der Waals surface area contributed by atoms with Crippen LogP contribution in [-0.2, 0) is 27.2 Å². The number of aliphatic carboxylic acids is 2. The van der Waals surface area contributed by atoms with Crippen molar-refractivity contribution in [2.75, 3.05) is 0 Å². The first-order chi connectivity index (χ1) is 23.0. The fourth-order valence-electron chi connectivity index (χ4n) is 7.06. The second-order valence-corrected chi connectivity index (χ2v) is 13.1. The van der Waals surface area contributed by atoms with Crippen LogP contribution >= 0.6 is 0 Å². The van der Waals surface area contributed by atoms with Gasteiger partial charge < -0.3 is 46.1 Å². The number of hydrogen-bond donors (Lipinski definition) is 9. The monoisotopic (exact) mass is 671 g/mol. The fourth-order valence-corrected chi connectivity index (χ4v) is 7.06. The Balaban J connectivity index is 2.04. The molecule has 1 aliphatic heterocycles. The van der Waals surface area contributed by atoms with Gasteiger partial charge in [-0.3, -0.25) is 14.4 Å². The molecule has 0 saturated carbocycles. The van der Waals surface area contributed by atoms with Gasteiger partial charge in [-0.2, -0.15) is 0 Å². The Bertz CT molecular complexity index is 2240. The third kappa shape index (κ3) is 6.59. The van der Waals surface area contributed by atoms with E-state index in [1.165, 1.54) is 0 Å². The van der Waals surface area contributed by atoms with Gasteiger partial charge >= 0.3 is 11.9 Å². The largest absolute Gasteiger partial charge is 0.481 e. The Labute approximate surface area is 282 Å². The molecular formula is C37H45N5O7. The highest BCUT2D eigenvalue weighted by molar-refractivity contribution is 6.22. The van der Waals surface area contributed by atoms with Crippen molar-refractivity contribution in [3.05, 3.63) is 88.7 Å². The average Bonchev–Trinajstić information content (AvgIpc) is 3.68. The molecule has 0 saturated heterocycles. The summed E-state index contributed by atoms with van der Waals surface area (Å²) in [5, 5.41) is 43.6. The maximum Gasteiger partial charge on any atom is 0.303 e. The van der Waals surface area contributed by atoms with Crippen LogP contribution in [0.5, 0.6) is 0 Å². The number of carbonyl (C=O) groups is 3. The van der Waals surface area contributed by atoms with Crippen LogP contribution in [0.2, 0.25) is 0 Å². The molecule has 4 aromatic rings. The molecule has 260 valence electrons. The summed E-state index contributed by atoms with van der Waals surface area (Å²) in [6.07, 6.45) is 3.99. The number of nitrogens with two attached hydrogens (primary N) is 1. The molecule has 3 atom stereocenters. The van der Waals surface area contributed by atoms with E-state index in [0.717, 1.165) is 22.3 Å². The maximum absolute atomic E-state index is 14.0. The SMILES string of the molecule is Cc1c2[nH]c(c1CCC(=O)O)C=c1[nH]c(c(C)c1CCC(=O)O)=Cc1[nH]c(c(C)c1C(C)O)C(C(=O)[C@H](C)N)=c1[nH]c(c(C)c1C(C)O)=C2. The van der Waals surface area contributed by atoms with Crippen molar-refractivity contribution in [3.8, 4) is 0 Å². The fraction of sp³-hybridized carbons (Fsp3) is 0.378. The number of aliphatic hydroxyl groups excluding tert-OH is 2. The van der Waals surface area contributed by atoms with Crippen molar-refractivity contribution in [1.82, 2.24) is 19.9 Å². The summed E-state index contributed by atoms with van der Waals surface area (Å²) < 4.78 is 0. The van der Waals surface area contributed by atoms with Gasteiger partial charge in [0, 0.05) is 57.1 Å². The summed E-state index contributed by atoms with van der Waals surface area (Å²) in [6.45, 7) is 12.3.